The van der Waals surface area contributed by atoms with Crippen LogP contribution in [0.5, 0.6) is 5.75 Å². The van der Waals surface area contributed by atoms with Gasteiger partial charge in [-0.3, -0.25) is 0 Å². The van der Waals surface area contributed by atoms with Gasteiger partial charge >= 0.3 is 11.9 Å². The van der Waals surface area contributed by atoms with E-state index in [2.05, 4.69) is 0 Å². The molecule has 0 saturated carbocycles. The molecule has 1 aliphatic rings. The topological polar surface area (TPSA) is 83.8 Å². The maximum Gasteiger partial charge on any atom is 0.356 e. The van der Waals surface area contributed by atoms with Crippen molar-refractivity contribution in [2.45, 2.75) is 12.5 Å². The first kappa shape index (κ1) is 13.2. The molecule has 0 aliphatic heterocycles. The molecule has 2 aromatic carbocycles. The van der Waals surface area contributed by atoms with E-state index in [0.717, 1.165) is 23.1 Å². The van der Waals surface area contributed by atoms with Crippen molar-refractivity contribution in [1.29, 1.82) is 0 Å². The molecular weight excluding hydrogens is 272 g/mol. The van der Waals surface area contributed by atoms with Gasteiger partial charge in [-0.1, -0.05) is 30.3 Å². The summed E-state index contributed by atoms with van der Waals surface area (Å²) in [6, 6.07) is 13.1. The van der Waals surface area contributed by atoms with Gasteiger partial charge in [0.1, 0.15) is 5.75 Å². The predicted molar refractivity (Wildman–Crippen MR) is 74.4 cm³/mol. The summed E-state index contributed by atoms with van der Waals surface area (Å²) in [7, 11) is 0. The summed E-state index contributed by atoms with van der Waals surface area (Å²) in [5, 5.41) is 17.7. The number of carbonyl (C=O) groups is 2. The van der Waals surface area contributed by atoms with E-state index in [4.69, 9.17) is 14.9 Å². The van der Waals surface area contributed by atoms with E-state index >= 15 is 0 Å². The molecule has 0 saturated heterocycles. The van der Waals surface area contributed by atoms with Gasteiger partial charge in [-0.05, 0) is 40.8 Å². The van der Waals surface area contributed by atoms with Gasteiger partial charge in [0.2, 0.25) is 0 Å². The first-order valence-electron chi connectivity index (χ1n) is 6.40. The predicted octanol–water partition coefficient (Wildman–Crippen LogP) is 2.17. The molecule has 0 aromatic heterocycles. The summed E-state index contributed by atoms with van der Waals surface area (Å²) < 4.78 is 5.06. The number of carboxylic acids is 2. The van der Waals surface area contributed by atoms with Gasteiger partial charge in [0.15, 0.2) is 0 Å². The van der Waals surface area contributed by atoms with Crippen LogP contribution in [-0.2, 0) is 16.0 Å². The lowest BCUT2D eigenvalue weighted by Gasteiger charge is -2.12. The average molecular weight is 284 g/mol. The van der Waals surface area contributed by atoms with Crippen molar-refractivity contribution in [3.05, 3.63) is 53.6 Å². The molecule has 0 fully saturated rings. The van der Waals surface area contributed by atoms with Crippen molar-refractivity contribution >= 4 is 11.9 Å². The molecule has 106 valence electrons. The van der Waals surface area contributed by atoms with Gasteiger partial charge in [-0.2, -0.15) is 0 Å². The van der Waals surface area contributed by atoms with Gasteiger partial charge in [0, 0.05) is 0 Å². The number of carboxylic acid groups (broad SMARTS) is 2. The van der Waals surface area contributed by atoms with Crippen LogP contribution in [0.2, 0.25) is 0 Å². The second-order valence-corrected chi connectivity index (χ2v) is 4.83. The Kier molecular flexibility index (Phi) is 3.10. The van der Waals surface area contributed by atoms with Crippen molar-refractivity contribution < 1.29 is 24.5 Å². The molecule has 0 amide bonds. The van der Waals surface area contributed by atoms with Crippen LogP contribution in [0.1, 0.15) is 11.1 Å². The lowest BCUT2D eigenvalue weighted by molar-refractivity contribution is -0.159. The highest BCUT2D eigenvalue weighted by Crippen LogP contribution is 2.38. The fourth-order valence-electron chi connectivity index (χ4n) is 2.54. The second-order valence-electron chi connectivity index (χ2n) is 4.83. The van der Waals surface area contributed by atoms with Crippen molar-refractivity contribution in [2.75, 3.05) is 0 Å². The monoisotopic (exact) mass is 284 g/mol. The van der Waals surface area contributed by atoms with Crippen LogP contribution in [0.4, 0.5) is 0 Å². The molecule has 0 heterocycles. The summed E-state index contributed by atoms with van der Waals surface area (Å²) in [6.45, 7) is 0. The van der Waals surface area contributed by atoms with Crippen molar-refractivity contribution in [1.82, 2.24) is 0 Å². The minimum atomic E-state index is -1.90. The first-order valence-corrected chi connectivity index (χ1v) is 6.40. The van der Waals surface area contributed by atoms with Gasteiger partial charge in [0.25, 0.3) is 6.10 Å². The normalized spacial score (nSPS) is 11.9. The van der Waals surface area contributed by atoms with Crippen LogP contribution >= 0.6 is 0 Å². The molecule has 0 bridgehead atoms. The largest absolute Gasteiger partial charge is 0.478 e. The van der Waals surface area contributed by atoms with Crippen molar-refractivity contribution in [3.63, 3.8) is 0 Å². The minimum absolute atomic E-state index is 0.247. The van der Waals surface area contributed by atoms with E-state index in [1.807, 2.05) is 30.3 Å². The molecule has 2 N–H and O–H groups in total. The Morgan fingerprint density at radius 3 is 2.33 bits per heavy atom. The van der Waals surface area contributed by atoms with Crippen LogP contribution < -0.4 is 4.74 Å². The lowest BCUT2D eigenvalue weighted by Crippen LogP contribution is -2.35. The highest BCUT2D eigenvalue weighted by molar-refractivity contribution is 5.96. The third-order valence-electron chi connectivity index (χ3n) is 3.47. The molecule has 5 nitrogen and oxygen atoms in total. The Morgan fingerprint density at radius 1 is 0.952 bits per heavy atom. The van der Waals surface area contributed by atoms with Crippen LogP contribution in [0.25, 0.3) is 11.1 Å². The van der Waals surface area contributed by atoms with Crippen molar-refractivity contribution in [3.8, 4) is 16.9 Å². The Bertz CT molecular complexity index is 721. The molecule has 0 radical (unpaired) electrons. The van der Waals surface area contributed by atoms with Crippen LogP contribution in [0.15, 0.2) is 42.5 Å². The third-order valence-corrected chi connectivity index (χ3v) is 3.47. The molecule has 2 aromatic rings. The molecule has 0 unspecified atom stereocenters. The molecule has 3 rings (SSSR count). The Labute approximate surface area is 120 Å². The number of fused-ring (bicyclic) bond motifs is 3. The van der Waals surface area contributed by atoms with Crippen LogP contribution in [-0.4, -0.2) is 28.3 Å². The fraction of sp³-hybridized carbons (Fsp3) is 0.125. The zero-order chi connectivity index (χ0) is 15.0. The molecular formula is C16H12O5. The molecule has 0 spiro atoms. The number of rotatable bonds is 4. The van der Waals surface area contributed by atoms with Crippen LogP contribution in [0.3, 0.4) is 0 Å². The summed E-state index contributed by atoms with van der Waals surface area (Å²) in [6.07, 6.45) is -1.17. The fourth-order valence-corrected chi connectivity index (χ4v) is 2.54. The quantitative estimate of drug-likeness (QED) is 0.717. The SMILES string of the molecule is O=C(O)C(Oc1ccc2c(c1)Cc1ccccc1-2)C(=O)O. The number of benzene rings is 2. The minimum Gasteiger partial charge on any atom is -0.478 e. The smallest absolute Gasteiger partial charge is 0.356 e. The van der Waals surface area contributed by atoms with E-state index in [1.165, 1.54) is 5.56 Å². The van der Waals surface area contributed by atoms with E-state index in [0.29, 0.717) is 0 Å². The summed E-state index contributed by atoms with van der Waals surface area (Å²) in [4.78, 5) is 21.7. The zero-order valence-electron chi connectivity index (χ0n) is 10.9. The number of hydrogen-bond donors (Lipinski definition) is 2. The summed E-state index contributed by atoms with van der Waals surface area (Å²) >= 11 is 0. The van der Waals surface area contributed by atoms with Crippen LogP contribution in [0, 0.1) is 0 Å². The maximum atomic E-state index is 10.9. The lowest BCUT2D eigenvalue weighted by atomic mass is 10.1. The van der Waals surface area contributed by atoms with Gasteiger partial charge in [-0.15, -0.1) is 0 Å². The van der Waals surface area contributed by atoms with Gasteiger partial charge in [0.05, 0.1) is 0 Å². The number of hydrogen-bond acceptors (Lipinski definition) is 3. The Morgan fingerprint density at radius 2 is 1.62 bits per heavy atom. The molecule has 1 aliphatic carbocycles. The third kappa shape index (κ3) is 2.33. The number of ether oxygens (including phenoxy) is 1. The van der Waals surface area contributed by atoms with E-state index < -0.39 is 18.0 Å². The summed E-state index contributed by atoms with van der Waals surface area (Å²) in [5.74, 6) is -2.80. The maximum absolute atomic E-state index is 10.9. The Hall–Kier alpha value is -2.82. The molecule has 5 heteroatoms. The molecule has 0 atom stereocenters. The van der Waals surface area contributed by atoms with Gasteiger partial charge < -0.3 is 14.9 Å². The highest BCUT2D eigenvalue weighted by Gasteiger charge is 2.28. The second kappa shape index (κ2) is 4.94. The van der Waals surface area contributed by atoms with E-state index in [9.17, 15) is 9.59 Å². The van der Waals surface area contributed by atoms with E-state index in [-0.39, 0.29) is 5.75 Å². The Balaban J connectivity index is 1.90. The van der Waals surface area contributed by atoms with Gasteiger partial charge in [-0.25, -0.2) is 9.59 Å². The molecule has 21 heavy (non-hydrogen) atoms. The zero-order valence-corrected chi connectivity index (χ0v) is 10.9. The summed E-state index contributed by atoms with van der Waals surface area (Å²) in [5.41, 5.74) is 4.41. The average Bonchev–Trinajstić information content (AvgIpc) is 2.81. The van der Waals surface area contributed by atoms with Crippen molar-refractivity contribution in [2.24, 2.45) is 0 Å². The number of aliphatic carboxylic acids is 2. The first-order chi connectivity index (χ1) is 10.1. The standard InChI is InChI=1S/C16H12O5/c17-15(18)14(16(19)20)21-11-5-6-13-10(8-11)7-9-3-1-2-4-12(9)13/h1-6,8,14H,7H2,(H,17,18)(H,19,20). The van der Waals surface area contributed by atoms with E-state index in [1.54, 1.807) is 12.1 Å². The highest BCUT2D eigenvalue weighted by atomic mass is 16.5.